The minimum absolute atomic E-state index is 0.0141. The molecule has 0 saturated carbocycles. The second kappa shape index (κ2) is 6.27. The van der Waals surface area contributed by atoms with Gasteiger partial charge in [0.05, 0.1) is 30.5 Å². The van der Waals surface area contributed by atoms with Gasteiger partial charge >= 0.3 is 0 Å². The van der Waals surface area contributed by atoms with Gasteiger partial charge < -0.3 is 10.2 Å². The Balaban J connectivity index is 2.19. The summed E-state index contributed by atoms with van der Waals surface area (Å²) in [7, 11) is 0. The molecule has 0 spiro atoms. The zero-order valence-electron chi connectivity index (χ0n) is 12.0. The van der Waals surface area contributed by atoms with Crippen molar-refractivity contribution in [3.8, 4) is 12.3 Å². The van der Waals surface area contributed by atoms with E-state index < -0.39 is 0 Å². The van der Waals surface area contributed by atoms with Gasteiger partial charge in [0.1, 0.15) is 0 Å². The van der Waals surface area contributed by atoms with Gasteiger partial charge in [-0.3, -0.25) is 14.3 Å². The fourth-order valence-corrected chi connectivity index (χ4v) is 2.35. The molecule has 1 aliphatic heterocycles. The smallest absolute Gasteiger partial charge is 0.254 e. The van der Waals surface area contributed by atoms with E-state index in [1.54, 1.807) is 9.58 Å². The first-order valence-electron chi connectivity index (χ1n) is 6.77. The Morgan fingerprint density at radius 3 is 3.10 bits per heavy atom. The van der Waals surface area contributed by atoms with Crippen molar-refractivity contribution in [2.45, 2.75) is 32.5 Å². The van der Waals surface area contributed by atoms with Crippen LogP contribution in [0.15, 0.2) is 18.9 Å². The zero-order chi connectivity index (χ0) is 15.4. The first kappa shape index (κ1) is 14.9. The molecule has 0 bridgehead atoms. The van der Waals surface area contributed by atoms with Gasteiger partial charge in [0.15, 0.2) is 0 Å². The van der Waals surface area contributed by atoms with Crippen LogP contribution in [0, 0.1) is 12.3 Å². The summed E-state index contributed by atoms with van der Waals surface area (Å²) in [5, 5.41) is 6.97. The van der Waals surface area contributed by atoms with E-state index in [1.165, 1.54) is 12.3 Å². The number of terminal acetylenes is 1. The normalized spacial score (nSPS) is 16.8. The maximum absolute atomic E-state index is 12.1. The lowest BCUT2D eigenvalue weighted by Crippen LogP contribution is -2.44. The van der Waals surface area contributed by atoms with Crippen LogP contribution >= 0.6 is 0 Å². The van der Waals surface area contributed by atoms with Crippen LogP contribution in [0.2, 0.25) is 0 Å². The quantitative estimate of drug-likeness (QED) is 0.499. The molecule has 0 aliphatic carbocycles. The molecule has 6 nitrogen and oxygen atoms in total. The molecule has 1 aromatic heterocycles. The van der Waals surface area contributed by atoms with Crippen LogP contribution in [-0.4, -0.2) is 39.1 Å². The first-order valence-corrected chi connectivity index (χ1v) is 6.77. The highest BCUT2D eigenvalue weighted by Crippen LogP contribution is 2.20. The van der Waals surface area contributed by atoms with Crippen molar-refractivity contribution in [1.29, 1.82) is 0 Å². The molecule has 2 heterocycles. The zero-order valence-corrected chi connectivity index (χ0v) is 12.0. The third kappa shape index (κ3) is 2.97. The highest BCUT2D eigenvalue weighted by molar-refractivity contribution is 5.95. The number of rotatable bonds is 4. The topological polar surface area (TPSA) is 67.2 Å². The van der Waals surface area contributed by atoms with Gasteiger partial charge in [0.2, 0.25) is 5.91 Å². The Morgan fingerprint density at radius 1 is 1.67 bits per heavy atom. The molecule has 110 valence electrons. The molecule has 0 saturated heterocycles. The van der Waals surface area contributed by atoms with E-state index in [1.807, 2.05) is 6.92 Å². The number of nitrogens with one attached hydrogen (secondary N) is 1. The summed E-state index contributed by atoms with van der Waals surface area (Å²) >= 11 is 0. The standard InChI is InChI=1S/C15H18N4O2/c1-4-6-7-16-15(21)12-8-17-19-9-11(3)18(10-13(12)19)14(20)5-2/h1,5,8,11H,2,6-7,9-10H2,3H3,(H,16,21). The summed E-state index contributed by atoms with van der Waals surface area (Å²) in [5.41, 5.74) is 1.22. The van der Waals surface area contributed by atoms with Crippen molar-refractivity contribution in [2.75, 3.05) is 6.54 Å². The predicted octanol–water partition coefficient (Wildman–Crippen LogP) is 0.553. The number of nitrogens with zero attached hydrogens (tertiary/aromatic N) is 3. The van der Waals surface area contributed by atoms with Crippen molar-refractivity contribution in [3.63, 3.8) is 0 Å². The second-order valence-corrected chi connectivity index (χ2v) is 4.92. The number of hydrogen-bond acceptors (Lipinski definition) is 3. The lowest BCUT2D eigenvalue weighted by Gasteiger charge is -2.33. The second-order valence-electron chi connectivity index (χ2n) is 4.92. The molecule has 1 aliphatic rings. The molecule has 1 aromatic rings. The van der Waals surface area contributed by atoms with Gasteiger partial charge in [0, 0.05) is 19.0 Å². The maximum Gasteiger partial charge on any atom is 0.254 e. The molecule has 2 rings (SSSR count). The molecular weight excluding hydrogens is 268 g/mol. The summed E-state index contributed by atoms with van der Waals surface area (Å²) in [5.74, 6) is 2.11. The van der Waals surface area contributed by atoms with Crippen molar-refractivity contribution < 1.29 is 9.59 Å². The van der Waals surface area contributed by atoms with Crippen molar-refractivity contribution >= 4 is 11.8 Å². The van der Waals surface area contributed by atoms with Crippen molar-refractivity contribution in [1.82, 2.24) is 20.0 Å². The Kier molecular flexibility index (Phi) is 4.43. The van der Waals surface area contributed by atoms with E-state index in [2.05, 4.69) is 22.9 Å². The number of carbonyl (C=O) groups excluding carboxylic acids is 2. The minimum atomic E-state index is -0.216. The highest BCUT2D eigenvalue weighted by Gasteiger charge is 2.29. The Morgan fingerprint density at radius 2 is 2.43 bits per heavy atom. The van der Waals surface area contributed by atoms with Crippen LogP contribution in [0.3, 0.4) is 0 Å². The van der Waals surface area contributed by atoms with E-state index >= 15 is 0 Å². The van der Waals surface area contributed by atoms with Crippen LogP contribution in [0.5, 0.6) is 0 Å². The number of amides is 2. The Hall–Kier alpha value is -2.55. The molecule has 1 atom stereocenters. The molecule has 0 radical (unpaired) electrons. The summed E-state index contributed by atoms with van der Waals surface area (Å²) in [6.07, 6.45) is 8.46. The molecule has 2 amide bonds. The highest BCUT2D eigenvalue weighted by atomic mass is 16.2. The molecule has 1 unspecified atom stereocenters. The maximum atomic E-state index is 12.1. The Labute approximate surface area is 123 Å². The van der Waals surface area contributed by atoms with Crippen molar-refractivity contribution in [3.05, 3.63) is 30.1 Å². The van der Waals surface area contributed by atoms with Crippen LogP contribution in [-0.2, 0) is 17.9 Å². The molecular formula is C15H18N4O2. The van der Waals surface area contributed by atoms with E-state index in [4.69, 9.17) is 6.42 Å². The van der Waals surface area contributed by atoms with Gasteiger partial charge in [-0.15, -0.1) is 12.3 Å². The Bertz CT molecular complexity index is 612. The van der Waals surface area contributed by atoms with Gasteiger partial charge in [-0.05, 0) is 13.0 Å². The summed E-state index contributed by atoms with van der Waals surface area (Å²) in [6.45, 7) is 6.79. The average molecular weight is 286 g/mol. The fourth-order valence-electron chi connectivity index (χ4n) is 2.35. The SMILES string of the molecule is C#CCCNC(=O)c1cnn2c1CN(C(=O)C=C)C(C)C2. The third-order valence-corrected chi connectivity index (χ3v) is 3.50. The van der Waals surface area contributed by atoms with Gasteiger partial charge in [-0.1, -0.05) is 6.58 Å². The van der Waals surface area contributed by atoms with Gasteiger partial charge in [-0.2, -0.15) is 5.10 Å². The number of fused-ring (bicyclic) bond motifs is 1. The largest absolute Gasteiger partial charge is 0.351 e. The van der Waals surface area contributed by atoms with E-state index in [0.29, 0.717) is 31.6 Å². The third-order valence-electron chi connectivity index (χ3n) is 3.50. The molecule has 1 N–H and O–H groups in total. The summed E-state index contributed by atoms with van der Waals surface area (Å²) in [4.78, 5) is 25.7. The summed E-state index contributed by atoms with van der Waals surface area (Å²) in [6, 6.07) is 0.0141. The molecule has 0 aromatic carbocycles. The van der Waals surface area contributed by atoms with E-state index in [-0.39, 0.29) is 17.9 Å². The summed E-state index contributed by atoms with van der Waals surface area (Å²) < 4.78 is 1.77. The van der Waals surface area contributed by atoms with Crippen molar-refractivity contribution in [2.24, 2.45) is 0 Å². The van der Waals surface area contributed by atoms with Crippen LogP contribution < -0.4 is 5.32 Å². The number of aromatic nitrogens is 2. The van der Waals surface area contributed by atoms with Crippen LogP contribution in [0.1, 0.15) is 29.4 Å². The lowest BCUT2D eigenvalue weighted by molar-refractivity contribution is -0.129. The predicted molar refractivity (Wildman–Crippen MR) is 78.2 cm³/mol. The number of carbonyl (C=O) groups is 2. The van der Waals surface area contributed by atoms with Crippen LogP contribution in [0.25, 0.3) is 0 Å². The fraction of sp³-hybridized carbons (Fsp3) is 0.400. The monoisotopic (exact) mass is 286 g/mol. The molecule has 21 heavy (non-hydrogen) atoms. The van der Waals surface area contributed by atoms with E-state index in [9.17, 15) is 9.59 Å². The molecule has 6 heteroatoms. The van der Waals surface area contributed by atoms with Gasteiger partial charge in [-0.25, -0.2) is 0 Å². The van der Waals surface area contributed by atoms with Crippen LogP contribution in [0.4, 0.5) is 0 Å². The van der Waals surface area contributed by atoms with E-state index in [0.717, 1.165) is 5.69 Å². The minimum Gasteiger partial charge on any atom is -0.351 e. The lowest BCUT2D eigenvalue weighted by atomic mass is 10.1. The van der Waals surface area contributed by atoms with Gasteiger partial charge in [0.25, 0.3) is 5.91 Å². The average Bonchev–Trinajstić information content (AvgIpc) is 2.88. The molecule has 0 fully saturated rings. The number of hydrogen-bond donors (Lipinski definition) is 1. The first-order chi connectivity index (χ1) is 10.1.